The van der Waals surface area contributed by atoms with Gasteiger partial charge in [0.25, 0.3) is 5.91 Å². The number of nitrogens with two attached hydrogens (primary N) is 2. The van der Waals surface area contributed by atoms with Crippen LogP contribution in [0.1, 0.15) is 30.8 Å². The summed E-state index contributed by atoms with van der Waals surface area (Å²) < 4.78 is 0. The van der Waals surface area contributed by atoms with Crippen LogP contribution in [0.3, 0.4) is 0 Å². The number of pyridine rings is 1. The van der Waals surface area contributed by atoms with Crippen molar-refractivity contribution >= 4 is 11.6 Å². The Morgan fingerprint density at radius 1 is 1.59 bits per heavy atom. The van der Waals surface area contributed by atoms with E-state index in [0.717, 1.165) is 12.1 Å². The molecule has 17 heavy (non-hydrogen) atoms. The molecule has 2 rings (SSSR count). The largest absolute Gasteiger partial charge is 0.382 e. The highest BCUT2D eigenvalue weighted by Gasteiger charge is 2.45. The van der Waals surface area contributed by atoms with E-state index in [2.05, 4.69) is 24.1 Å². The molecule has 0 aromatic carbocycles. The van der Waals surface area contributed by atoms with Gasteiger partial charge in [0, 0.05) is 29.4 Å². The van der Waals surface area contributed by atoms with Crippen molar-refractivity contribution < 1.29 is 4.79 Å². The Bertz CT molecular complexity index is 444. The van der Waals surface area contributed by atoms with Crippen molar-refractivity contribution in [3.05, 3.63) is 24.0 Å². The molecular formula is C12H18N4O. The summed E-state index contributed by atoms with van der Waals surface area (Å²) in [7, 11) is 0. The Kier molecular flexibility index (Phi) is 2.79. The molecule has 1 fully saturated rings. The number of primary amides is 1. The summed E-state index contributed by atoms with van der Waals surface area (Å²) in [6.07, 6.45) is 2.51. The van der Waals surface area contributed by atoms with Gasteiger partial charge >= 0.3 is 0 Å². The summed E-state index contributed by atoms with van der Waals surface area (Å²) >= 11 is 0. The topological polar surface area (TPSA) is 94.0 Å². The smallest absolute Gasteiger partial charge is 0.267 e. The number of carbonyl (C=O) groups is 1. The highest BCUT2D eigenvalue weighted by molar-refractivity contribution is 5.91. The number of anilines is 1. The average molecular weight is 234 g/mol. The molecule has 1 aromatic rings. The lowest BCUT2D eigenvalue weighted by atomic mass is 9.63. The van der Waals surface area contributed by atoms with Gasteiger partial charge in [-0.15, -0.1) is 0 Å². The van der Waals surface area contributed by atoms with Crippen molar-refractivity contribution in [3.8, 4) is 0 Å². The van der Waals surface area contributed by atoms with Gasteiger partial charge in [-0.1, -0.05) is 13.8 Å². The predicted octanol–water partition coefficient (Wildman–Crippen LogP) is 0.718. The number of rotatable bonds is 3. The van der Waals surface area contributed by atoms with Crippen LogP contribution in [0.5, 0.6) is 0 Å². The second-order valence-corrected chi connectivity index (χ2v) is 5.15. The lowest BCUT2D eigenvalue weighted by molar-refractivity contribution is 0.0995. The summed E-state index contributed by atoms with van der Waals surface area (Å²) in [5.74, 6) is -0.516. The van der Waals surface area contributed by atoms with Crippen LogP contribution in [0, 0.1) is 5.41 Å². The first-order valence-electron chi connectivity index (χ1n) is 5.69. The second-order valence-electron chi connectivity index (χ2n) is 5.15. The van der Waals surface area contributed by atoms with Crippen molar-refractivity contribution in [1.82, 2.24) is 4.98 Å². The monoisotopic (exact) mass is 234 g/mol. The second kappa shape index (κ2) is 4.00. The average Bonchev–Trinajstić information content (AvgIpc) is 2.29. The van der Waals surface area contributed by atoms with Gasteiger partial charge in [-0.05, 0) is 18.6 Å². The minimum Gasteiger partial charge on any atom is -0.382 e. The molecule has 2 atom stereocenters. The number of amides is 1. The van der Waals surface area contributed by atoms with E-state index >= 15 is 0 Å². The Hall–Kier alpha value is -1.62. The van der Waals surface area contributed by atoms with Crippen LogP contribution < -0.4 is 16.8 Å². The van der Waals surface area contributed by atoms with Crippen LogP contribution in [-0.4, -0.2) is 23.0 Å². The van der Waals surface area contributed by atoms with Gasteiger partial charge in [-0.3, -0.25) is 9.78 Å². The zero-order valence-corrected chi connectivity index (χ0v) is 10.1. The molecule has 0 bridgehead atoms. The summed E-state index contributed by atoms with van der Waals surface area (Å²) in [5.41, 5.74) is 12.3. The molecule has 0 spiro atoms. The summed E-state index contributed by atoms with van der Waals surface area (Å²) in [5, 5.41) is 3.37. The van der Waals surface area contributed by atoms with Crippen LogP contribution in [0.2, 0.25) is 0 Å². The maximum atomic E-state index is 11.0. The van der Waals surface area contributed by atoms with Crippen LogP contribution in [0.25, 0.3) is 0 Å². The highest BCUT2D eigenvalue weighted by Crippen LogP contribution is 2.40. The molecule has 1 aromatic heterocycles. The van der Waals surface area contributed by atoms with Crippen LogP contribution >= 0.6 is 0 Å². The summed E-state index contributed by atoms with van der Waals surface area (Å²) in [6, 6.07) is 4.03. The molecule has 1 saturated carbocycles. The molecule has 0 radical (unpaired) electrons. The van der Waals surface area contributed by atoms with E-state index in [0.29, 0.717) is 6.04 Å². The van der Waals surface area contributed by atoms with Crippen LogP contribution in [0.15, 0.2) is 18.3 Å². The third-order valence-corrected chi connectivity index (χ3v) is 3.70. The first-order valence-corrected chi connectivity index (χ1v) is 5.69. The normalized spacial score (nSPS) is 26.1. The Morgan fingerprint density at radius 2 is 2.29 bits per heavy atom. The van der Waals surface area contributed by atoms with Gasteiger partial charge < -0.3 is 16.8 Å². The molecule has 92 valence electrons. The van der Waals surface area contributed by atoms with Crippen molar-refractivity contribution in [1.29, 1.82) is 0 Å². The minimum atomic E-state index is -0.516. The lowest BCUT2D eigenvalue weighted by Crippen LogP contribution is -2.61. The summed E-state index contributed by atoms with van der Waals surface area (Å²) in [4.78, 5) is 14.9. The fourth-order valence-corrected chi connectivity index (χ4v) is 2.06. The number of hydrogen-bond donors (Lipinski definition) is 3. The van der Waals surface area contributed by atoms with Gasteiger partial charge in [0.15, 0.2) is 0 Å². The third kappa shape index (κ3) is 2.10. The number of nitrogens with zero attached hydrogens (tertiary/aromatic N) is 1. The van der Waals surface area contributed by atoms with Crippen LogP contribution in [-0.2, 0) is 0 Å². The first kappa shape index (κ1) is 11.9. The van der Waals surface area contributed by atoms with E-state index in [1.165, 1.54) is 0 Å². The Morgan fingerprint density at radius 3 is 2.82 bits per heavy atom. The molecular weight excluding hydrogens is 216 g/mol. The molecule has 2 unspecified atom stereocenters. The standard InChI is InChI=1S/C12H18N4O/c1-12(2)9(13)6-10(12)16-7-3-4-15-8(5-7)11(14)17/h3-5,9-10H,6,13H2,1-2H3,(H2,14,17)(H,15,16). The molecule has 0 aliphatic heterocycles. The Labute approximate surface area is 101 Å². The number of aromatic nitrogens is 1. The molecule has 0 saturated heterocycles. The van der Waals surface area contributed by atoms with Crippen molar-refractivity contribution in [2.75, 3.05) is 5.32 Å². The fraction of sp³-hybridized carbons (Fsp3) is 0.500. The maximum absolute atomic E-state index is 11.0. The molecule has 5 nitrogen and oxygen atoms in total. The van der Waals surface area contributed by atoms with E-state index in [1.54, 1.807) is 12.3 Å². The SMILES string of the molecule is CC1(C)C(N)CC1Nc1ccnc(C(N)=O)c1. The molecule has 5 N–H and O–H groups in total. The number of hydrogen-bond acceptors (Lipinski definition) is 4. The third-order valence-electron chi connectivity index (χ3n) is 3.70. The molecule has 1 amide bonds. The van der Waals surface area contributed by atoms with Gasteiger partial charge in [0.1, 0.15) is 5.69 Å². The molecule has 1 aliphatic carbocycles. The molecule has 5 heteroatoms. The van der Waals surface area contributed by atoms with E-state index in [4.69, 9.17) is 11.5 Å². The molecule has 1 heterocycles. The van der Waals surface area contributed by atoms with Crippen molar-refractivity contribution in [3.63, 3.8) is 0 Å². The minimum absolute atomic E-state index is 0.0656. The van der Waals surface area contributed by atoms with Gasteiger partial charge in [-0.25, -0.2) is 0 Å². The van der Waals surface area contributed by atoms with Crippen molar-refractivity contribution in [2.24, 2.45) is 16.9 Å². The highest BCUT2D eigenvalue weighted by atomic mass is 16.1. The summed E-state index contributed by atoms with van der Waals surface area (Å²) in [6.45, 7) is 4.27. The van der Waals surface area contributed by atoms with Crippen molar-refractivity contribution in [2.45, 2.75) is 32.4 Å². The van der Waals surface area contributed by atoms with Crippen LogP contribution in [0.4, 0.5) is 5.69 Å². The first-order chi connectivity index (χ1) is 7.91. The Balaban J connectivity index is 2.10. The lowest BCUT2D eigenvalue weighted by Gasteiger charge is -2.51. The number of nitrogens with one attached hydrogen (secondary N) is 1. The van der Waals surface area contributed by atoms with E-state index in [9.17, 15) is 4.79 Å². The number of carbonyl (C=O) groups excluding carboxylic acids is 1. The predicted molar refractivity (Wildman–Crippen MR) is 66.5 cm³/mol. The van der Waals surface area contributed by atoms with Gasteiger partial charge in [0.2, 0.25) is 0 Å². The van der Waals surface area contributed by atoms with E-state index in [-0.39, 0.29) is 17.2 Å². The fourth-order valence-electron chi connectivity index (χ4n) is 2.06. The zero-order chi connectivity index (χ0) is 12.6. The molecule has 1 aliphatic rings. The quantitative estimate of drug-likeness (QED) is 0.718. The maximum Gasteiger partial charge on any atom is 0.267 e. The van der Waals surface area contributed by atoms with Gasteiger partial charge in [0.05, 0.1) is 0 Å². The van der Waals surface area contributed by atoms with E-state index < -0.39 is 5.91 Å². The van der Waals surface area contributed by atoms with E-state index in [1.807, 2.05) is 6.07 Å². The van der Waals surface area contributed by atoms with Gasteiger partial charge in [-0.2, -0.15) is 0 Å². The zero-order valence-electron chi connectivity index (χ0n) is 10.1.